The molecule has 10 rings (SSSR count). The largest absolute Gasteiger partial charge is 0.459 e. The summed E-state index contributed by atoms with van der Waals surface area (Å²) >= 11 is 0. The van der Waals surface area contributed by atoms with Crippen LogP contribution in [0.1, 0.15) is 239 Å². The summed E-state index contributed by atoms with van der Waals surface area (Å²) in [6.45, 7) is 12.8. The number of carbonyl (C=O) groups excluding carboxylic acids is 13. The fourth-order valence-corrected chi connectivity index (χ4v) is 16.6. The standard InChI is InChI=1S/C49H65N5O9.C49H63N5O9/c2*1-5-18-38(43(56)46(59)50-30-40(55)53-42(35-24-13-8-14-25-35)47(60)62-31-32-19-9-6-10-20-32)51-44(57)39(29-36-27-17-26-33-21-15-16-28-37(33)36)52-45(58)41(34-22-11-7-12-23-34)54-48(61)63-49(2,3)4/h6,8-10,13-14,17,19-20,24-27,34,38-39,41-43,56H,5,7,11-12,15-16,18,21-23,28-31H2,1-4H3,(H,50,59)(H,51,57)(H,52,58)(H,53,55)(H,54,61);6,8-10,13-14,17,19-20,24-27,34,38-39,41-42H,5,7,11-12,15-16,18,21-23,28-31H2,1-4H3,(H,50,59)(H,51,57)(H,52,58)(H,53,55)(H,54,61)/t38?,39-,41-,42-,43?;38?,39-,41-,42-/m00/s1. The maximum absolute atomic E-state index is 14.4. The monoisotopic (exact) mass is 1730 g/mol. The number of fused-ring (bicyclic) bond motifs is 2. The first-order valence-corrected chi connectivity index (χ1v) is 44.7. The van der Waals surface area contributed by atoms with E-state index in [1.54, 1.807) is 121 Å². The highest BCUT2D eigenvalue weighted by atomic mass is 16.6. The molecule has 6 aromatic carbocycles. The predicted molar refractivity (Wildman–Crippen MR) is 475 cm³/mol. The summed E-state index contributed by atoms with van der Waals surface area (Å²) in [4.78, 5) is 177. The minimum atomic E-state index is -1.77. The molecule has 3 unspecified atom stereocenters. The molecule has 28 nitrogen and oxygen atoms in total. The number of carbonyl (C=O) groups is 13. The Kier molecular flexibility index (Phi) is 38.3. The van der Waals surface area contributed by atoms with E-state index in [9.17, 15) is 67.4 Å². The molecule has 2 fully saturated rings. The van der Waals surface area contributed by atoms with Crippen molar-refractivity contribution in [1.29, 1.82) is 0 Å². The van der Waals surface area contributed by atoms with Crippen molar-refractivity contribution in [2.75, 3.05) is 13.1 Å². The van der Waals surface area contributed by atoms with Crippen LogP contribution in [0.4, 0.5) is 9.59 Å². The minimum Gasteiger partial charge on any atom is -0.459 e. The molecule has 0 aromatic heterocycles. The number of benzene rings is 6. The van der Waals surface area contributed by atoms with Gasteiger partial charge in [0, 0.05) is 12.8 Å². The van der Waals surface area contributed by atoms with Gasteiger partial charge in [0.1, 0.15) is 48.6 Å². The lowest BCUT2D eigenvalue weighted by Gasteiger charge is -2.33. The Balaban J connectivity index is 0.000000285. The topological polar surface area (TPSA) is 399 Å². The number of amides is 10. The molecule has 6 aromatic rings. The first-order chi connectivity index (χ1) is 60.4. The Morgan fingerprint density at radius 2 is 0.770 bits per heavy atom. The molecule has 126 heavy (non-hydrogen) atoms. The van der Waals surface area contributed by atoms with Crippen molar-refractivity contribution in [3.05, 3.63) is 213 Å². The number of aryl methyl sites for hydroxylation is 2. The SMILES string of the molecule is CCCC(NC(=O)[C@H](Cc1cccc2c1CCCC2)NC(=O)[C@@H](NC(=O)OC(C)(C)C)C1CCCCC1)C(=O)C(=O)NCC(=O)N[C@H](C(=O)OCc1ccccc1)c1ccccc1.CCCC(NC(=O)[C@H](Cc1cccc2c1CCCC2)NC(=O)[C@@H](NC(=O)OC(C)(C)C)C1CCCCC1)C(O)C(=O)NCC(=O)N[C@H](C(=O)OCc1ccccc1)c1ccccc1. The molecule has 678 valence electrons. The van der Waals surface area contributed by atoms with Crippen molar-refractivity contribution in [3.63, 3.8) is 0 Å². The Morgan fingerprint density at radius 1 is 0.389 bits per heavy atom. The van der Waals surface area contributed by atoms with Crippen molar-refractivity contribution in [2.24, 2.45) is 11.8 Å². The number of ketones is 1. The van der Waals surface area contributed by atoms with Gasteiger partial charge >= 0.3 is 24.1 Å². The van der Waals surface area contributed by atoms with Crippen molar-refractivity contribution < 1.29 is 86.4 Å². The molecular formula is C98H128N10O18. The van der Waals surface area contributed by atoms with Crippen molar-refractivity contribution in [1.82, 2.24) is 53.2 Å². The van der Waals surface area contributed by atoms with Crippen LogP contribution in [0.5, 0.6) is 0 Å². The first-order valence-electron chi connectivity index (χ1n) is 44.7. The third-order valence-corrected chi connectivity index (χ3v) is 22.9. The quantitative estimate of drug-likeness (QED) is 0.00974. The van der Waals surface area contributed by atoms with Crippen LogP contribution in [0.25, 0.3) is 0 Å². The van der Waals surface area contributed by atoms with Crippen LogP contribution in [-0.4, -0.2) is 149 Å². The number of aliphatic hydroxyl groups is 1. The summed E-state index contributed by atoms with van der Waals surface area (Å²) in [6, 6.07) is 38.2. The highest BCUT2D eigenvalue weighted by Crippen LogP contribution is 2.32. The summed E-state index contributed by atoms with van der Waals surface area (Å²) in [6.07, 6.45) is 14.3. The number of Topliss-reactive ketones (excluding diaryl/α,β-unsaturated/α-hetero) is 1. The zero-order valence-corrected chi connectivity index (χ0v) is 74.0. The molecule has 4 aliphatic rings. The summed E-state index contributed by atoms with van der Waals surface area (Å²) in [7, 11) is 0. The third kappa shape index (κ3) is 31.4. The number of alkyl carbamates (subject to hydrolysis) is 2. The van der Waals surface area contributed by atoms with Gasteiger partial charge in [0.15, 0.2) is 18.2 Å². The smallest absolute Gasteiger partial charge is 0.408 e. The fraction of sp³-hybridized carbons (Fsp3) is 0.500. The van der Waals surface area contributed by atoms with E-state index in [0.29, 0.717) is 36.8 Å². The van der Waals surface area contributed by atoms with Gasteiger partial charge in [-0.25, -0.2) is 19.2 Å². The number of ether oxygens (including phenoxy) is 4. The van der Waals surface area contributed by atoms with Crippen LogP contribution in [0.15, 0.2) is 158 Å². The highest BCUT2D eigenvalue weighted by molar-refractivity contribution is 6.38. The Hall–Kier alpha value is -11.8. The Bertz CT molecular complexity index is 4620. The maximum atomic E-state index is 14.4. The molecule has 0 heterocycles. The van der Waals surface area contributed by atoms with Crippen LogP contribution in [0.3, 0.4) is 0 Å². The van der Waals surface area contributed by atoms with Crippen molar-refractivity contribution >= 4 is 77.2 Å². The third-order valence-electron chi connectivity index (χ3n) is 22.9. The summed E-state index contributed by atoms with van der Waals surface area (Å²) in [5.41, 5.74) is 7.34. The fourth-order valence-electron chi connectivity index (χ4n) is 16.6. The van der Waals surface area contributed by atoms with E-state index in [1.807, 2.05) is 79.7 Å². The molecular weight excluding hydrogens is 1610 g/mol. The van der Waals surface area contributed by atoms with Crippen LogP contribution >= 0.6 is 0 Å². The van der Waals surface area contributed by atoms with E-state index < -0.39 is 156 Å². The number of rotatable bonds is 38. The minimum absolute atomic E-state index is 0.00546. The number of aliphatic hydroxyl groups excluding tert-OH is 1. The lowest BCUT2D eigenvalue weighted by atomic mass is 9.83. The lowest BCUT2D eigenvalue weighted by Crippen LogP contribution is -2.59. The molecule has 0 radical (unpaired) electrons. The molecule has 2 saturated carbocycles. The maximum Gasteiger partial charge on any atom is 0.408 e. The summed E-state index contributed by atoms with van der Waals surface area (Å²) < 4.78 is 22.1. The van der Waals surface area contributed by atoms with Crippen molar-refractivity contribution in [3.8, 4) is 0 Å². The normalized spacial score (nSPS) is 16.1. The van der Waals surface area contributed by atoms with Crippen molar-refractivity contribution in [2.45, 2.75) is 288 Å². The average Bonchev–Trinajstić information content (AvgIpc) is 0.814. The summed E-state index contributed by atoms with van der Waals surface area (Å²) in [5, 5.41) is 38.5. The second-order valence-electron chi connectivity index (χ2n) is 35.1. The lowest BCUT2D eigenvalue weighted by molar-refractivity contribution is -0.149. The molecule has 0 aliphatic heterocycles. The molecule has 0 spiro atoms. The molecule has 0 bridgehead atoms. The number of hydrogen-bond donors (Lipinski definition) is 11. The van der Waals surface area contributed by atoms with E-state index in [-0.39, 0.29) is 50.7 Å². The van der Waals surface area contributed by atoms with Gasteiger partial charge in [-0.3, -0.25) is 43.2 Å². The van der Waals surface area contributed by atoms with Gasteiger partial charge in [0.2, 0.25) is 41.2 Å². The van der Waals surface area contributed by atoms with E-state index in [1.165, 1.54) is 11.1 Å². The van der Waals surface area contributed by atoms with Gasteiger partial charge in [0.25, 0.3) is 11.8 Å². The molecule has 9 atom stereocenters. The Morgan fingerprint density at radius 3 is 1.17 bits per heavy atom. The first kappa shape index (κ1) is 98.0. The van der Waals surface area contributed by atoms with Gasteiger partial charge in [-0.05, 0) is 199 Å². The second kappa shape index (κ2) is 49.2. The second-order valence-corrected chi connectivity index (χ2v) is 35.1. The highest BCUT2D eigenvalue weighted by Gasteiger charge is 2.40. The van der Waals surface area contributed by atoms with Crippen LogP contribution < -0.4 is 53.2 Å². The molecule has 28 heteroatoms. The van der Waals surface area contributed by atoms with Gasteiger partial charge in [-0.2, -0.15) is 0 Å². The van der Waals surface area contributed by atoms with Crippen LogP contribution in [-0.2, 0) is 123 Å². The number of esters is 2. The zero-order valence-electron chi connectivity index (χ0n) is 74.0. The van der Waals surface area contributed by atoms with Gasteiger partial charge in [-0.1, -0.05) is 223 Å². The van der Waals surface area contributed by atoms with Crippen LogP contribution in [0, 0.1) is 11.8 Å². The Labute approximate surface area is 739 Å². The number of nitrogens with one attached hydrogen (secondary N) is 10. The summed E-state index contributed by atoms with van der Waals surface area (Å²) in [5.74, 6) is -8.57. The van der Waals surface area contributed by atoms with Gasteiger partial charge < -0.3 is 77.2 Å². The molecule has 11 N–H and O–H groups in total. The molecule has 0 saturated heterocycles. The predicted octanol–water partition coefficient (Wildman–Crippen LogP) is 11.1. The van der Waals surface area contributed by atoms with E-state index in [4.69, 9.17) is 18.9 Å². The van der Waals surface area contributed by atoms with Crippen LogP contribution in [0.2, 0.25) is 0 Å². The zero-order chi connectivity index (χ0) is 90.7. The van der Waals surface area contributed by atoms with E-state index in [2.05, 4.69) is 65.3 Å². The van der Waals surface area contributed by atoms with Gasteiger partial charge in [0.05, 0.1) is 25.2 Å². The van der Waals surface area contributed by atoms with E-state index >= 15 is 0 Å². The van der Waals surface area contributed by atoms with E-state index in [0.717, 1.165) is 136 Å². The van der Waals surface area contributed by atoms with Gasteiger partial charge in [-0.15, -0.1) is 0 Å². The number of hydrogen-bond acceptors (Lipinski definition) is 18. The average molecular weight is 1730 g/mol. The molecule has 10 amide bonds. The molecule has 4 aliphatic carbocycles.